The van der Waals surface area contributed by atoms with E-state index in [9.17, 15) is 27.9 Å². The van der Waals surface area contributed by atoms with Crippen LogP contribution in [0.2, 0.25) is 0 Å². The number of thioether (sulfide) groups is 1. The van der Waals surface area contributed by atoms with E-state index < -0.39 is 24.6 Å². The molecular formula is C28H40F3N3O3S. The van der Waals surface area contributed by atoms with E-state index in [1.54, 1.807) is 28.6 Å². The van der Waals surface area contributed by atoms with Gasteiger partial charge >= 0.3 is 6.18 Å². The molecule has 1 saturated heterocycles. The second kappa shape index (κ2) is 14.2. The summed E-state index contributed by atoms with van der Waals surface area (Å²) in [7, 11) is 2.12. The average Bonchev–Trinajstić information content (AvgIpc) is 3.33. The zero-order chi connectivity index (χ0) is 28.4. The lowest BCUT2D eigenvalue weighted by Gasteiger charge is -2.51. The van der Waals surface area contributed by atoms with Crippen molar-refractivity contribution in [2.45, 2.75) is 63.3 Å². The number of hydrogen-bond donors (Lipinski definition) is 2. The summed E-state index contributed by atoms with van der Waals surface area (Å²) in [6, 6.07) is 11.3. The van der Waals surface area contributed by atoms with E-state index in [2.05, 4.69) is 11.9 Å². The molecule has 1 saturated carbocycles. The Morgan fingerprint density at radius 2 is 1.74 bits per heavy atom. The molecule has 2 fully saturated rings. The number of halogens is 3. The van der Waals surface area contributed by atoms with Gasteiger partial charge in [0, 0.05) is 42.8 Å². The van der Waals surface area contributed by atoms with Gasteiger partial charge in [-0.2, -0.15) is 24.9 Å². The van der Waals surface area contributed by atoms with Crippen LogP contribution in [-0.2, 0) is 11.3 Å². The summed E-state index contributed by atoms with van der Waals surface area (Å²) in [6.07, 6.45) is 5.49. The van der Waals surface area contributed by atoms with Crippen LogP contribution >= 0.6 is 11.8 Å². The van der Waals surface area contributed by atoms with Crippen molar-refractivity contribution in [3.63, 3.8) is 0 Å². The van der Waals surface area contributed by atoms with E-state index in [0.29, 0.717) is 18.7 Å². The van der Waals surface area contributed by atoms with Crippen molar-refractivity contribution < 1.29 is 23.1 Å². The van der Waals surface area contributed by atoms with Crippen LogP contribution < -0.4 is 11.3 Å². The molecule has 1 aromatic carbocycles. The van der Waals surface area contributed by atoms with Gasteiger partial charge in [-0.15, -0.1) is 0 Å². The van der Waals surface area contributed by atoms with Gasteiger partial charge in [0.15, 0.2) is 0 Å². The lowest BCUT2D eigenvalue weighted by Crippen LogP contribution is -2.60. The first kappa shape index (κ1) is 31.9. The Labute approximate surface area is 227 Å². The number of anilines is 1. The van der Waals surface area contributed by atoms with E-state index in [1.165, 1.54) is 0 Å². The molecule has 1 aromatic heterocycles. The molecule has 6 nitrogen and oxygen atoms in total. The number of aromatic nitrogens is 1. The van der Waals surface area contributed by atoms with Crippen molar-refractivity contribution in [3.8, 4) is 11.1 Å². The number of rotatable bonds is 5. The van der Waals surface area contributed by atoms with Crippen LogP contribution in [0.3, 0.4) is 0 Å². The van der Waals surface area contributed by atoms with E-state index >= 15 is 0 Å². The molecule has 1 aliphatic carbocycles. The summed E-state index contributed by atoms with van der Waals surface area (Å²) >= 11 is 1.75. The van der Waals surface area contributed by atoms with Gasteiger partial charge in [-0.3, -0.25) is 4.79 Å². The first-order valence-corrected chi connectivity index (χ1v) is 14.4. The predicted molar refractivity (Wildman–Crippen MR) is 149 cm³/mol. The SMILES string of the molecule is CN1CCC(O)(Cn2cc(N)c(-c3ccccc3)cc2=O)C2(CCCC2)C1.CSC.O=CCCC(F)(F)F. The fourth-order valence-electron chi connectivity index (χ4n) is 5.39. The molecule has 212 valence electrons. The van der Waals surface area contributed by atoms with E-state index in [1.807, 2.05) is 42.8 Å². The van der Waals surface area contributed by atoms with Gasteiger partial charge in [0.25, 0.3) is 5.56 Å². The number of nitrogens with zero attached hydrogens (tertiary/aromatic N) is 2. The molecule has 1 spiro atoms. The van der Waals surface area contributed by atoms with Gasteiger partial charge in [0.1, 0.15) is 6.29 Å². The number of likely N-dealkylation sites (tertiary alicyclic amines) is 1. The Balaban J connectivity index is 0.000000392. The quantitative estimate of drug-likeness (QED) is 0.491. The lowest BCUT2D eigenvalue weighted by atomic mass is 9.66. The highest BCUT2D eigenvalue weighted by molar-refractivity contribution is 7.97. The number of carbonyl (C=O) groups excluding carboxylic acids is 1. The molecule has 4 rings (SSSR count). The summed E-state index contributed by atoms with van der Waals surface area (Å²) in [5, 5.41) is 11.7. The van der Waals surface area contributed by atoms with Gasteiger partial charge in [-0.1, -0.05) is 43.2 Å². The Kier molecular flexibility index (Phi) is 11.9. The summed E-state index contributed by atoms with van der Waals surface area (Å²) in [6.45, 7) is 2.07. The van der Waals surface area contributed by atoms with Gasteiger partial charge in [0.05, 0.1) is 24.3 Å². The molecule has 0 radical (unpaired) electrons. The van der Waals surface area contributed by atoms with Crippen LogP contribution in [0.5, 0.6) is 0 Å². The van der Waals surface area contributed by atoms with Crippen molar-refractivity contribution in [1.29, 1.82) is 0 Å². The van der Waals surface area contributed by atoms with Gasteiger partial charge in [-0.25, -0.2) is 0 Å². The molecule has 2 heterocycles. The van der Waals surface area contributed by atoms with Crippen LogP contribution in [0.4, 0.5) is 18.9 Å². The minimum atomic E-state index is -4.18. The Morgan fingerprint density at radius 1 is 1.13 bits per heavy atom. The number of carbonyl (C=O) groups is 1. The Hall–Kier alpha value is -2.30. The van der Waals surface area contributed by atoms with E-state index in [-0.39, 0.29) is 17.3 Å². The third-order valence-corrected chi connectivity index (χ3v) is 7.25. The molecule has 0 bridgehead atoms. The highest BCUT2D eigenvalue weighted by Crippen LogP contribution is 2.51. The van der Waals surface area contributed by atoms with E-state index in [4.69, 9.17) is 5.73 Å². The molecular weight excluding hydrogens is 515 g/mol. The second-order valence-corrected chi connectivity index (χ2v) is 11.0. The summed E-state index contributed by atoms with van der Waals surface area (Å²) in [5.74, 6) is 0. The molecule has 1 aliphatic heterocycles. The fourth-order valence-corrected chi connectivity index (χ4v) is 5.39. The number of nitrogens with two attached hydrogens (primary N) is 1. The lowest BCUT2D eigenvalue weighted by molar-refractivity contribution is -0.139. The molecule has 10 heteroatoms. The maximum atomic E-state index is 12.8. The zero-order valence-electron chi connectivity index (χ0n) is 22.5. The smallest absolute Gasteiger partial charge is 0.389 e. The first-order chi connectivity index (χ1) is 17.9. The molecule has 3 N–H and O–H groups in total. The van der Waals surface area contributed by atoms with Crippen molar-refractivity contribution in [2.75, 3.05) is 38.4 Å². The Bertz CT molecular complexity index is 1070. The predicted octanol–water partition coefficient (Wildman–Crippen LogP) is 5.23. The van der Waals surface area contributed by atoms with Crippen LogP contribution in [-0.4, -0.2) is 65.3 Å². The van der Waals surface area contributed by atoms with Gasteiger partial charge < -0.3 is 25.1 Å². The molecule has 2 aromatic rings. The zero-order valence-corrected chi connectivity index (χ0v) is 23.3. The Morgan fingerprint density at radius 3 is 2.26 bits per heavy atom. The molecule has 2 aliphatic rings. The normalized spacial score (nSPS) is 20.7. The summed E-state index contributed by atoms with van der Waals surface area (Å²) in [5.41, 5.74) is 7.46. The number of hydrogen-bond acceptors (Lipinski definition) is 6. The highest BCUT2D eigenvalue weighted by atomic mass is 32.2. The van der Waals surface area contributed by atoms with Gasteiger partial charge in [-0.05, 0) is 44.4 Å². The second-order valence-electron chi connectivity index (χ2n) is 10.2. The van der Waals surface area contributed by atoms with Crippen molar-refractivity contribution >= 4 is 23.7 Å². The number of pyridine rings is 1. The number of alkyl halides is 3. The third kappa shape index (κ3) is 8.61. The number of benzene rings is 1. The fraction of sp³-hybridized carbons (Fsp3) is 0.571. The number of piperidine rings is 1. The summed E-state index contributed by atoms with van der Waals surface area (Å²) in [4.78, 5) is 24.5. The van der Waals surface area contributed by atoms with E-state index in [0.717, 1.165) is 49.9 Å². The molecule has 1 atom stereocenters. The van der Waals surface area contributed by atoms with Crippen LogP contribution in [0.1, 0.15) is 44.9 Å². The van der Waals surface area contributed by atoms with Crippen LogP contribution in [0.15, 0.2) is 47.4 Å². The minimum absolute atomic E-state index is 0.108. The topological polar surface area (TPSA) is 88.6 Å². The first-order valence-electron chi connectivity index (χ1n) is 12.8. The van der Waals surface area contributed by atoms with Crippen molar-refractivity contribution in [3.05, 3.63) is 52.9 Å². The van der Waals surface area contributed by atoms with Crippen LogP contribution in [0, 0.1) is 5.41 Å². The maximum absolute atomic E-state index is 12.8. The molecule has 38 heavy (non-hydrogen) atoms. The maximum Gasteiger partial charge on any atom is 0.389 e. The van der Waals surface area contributed by atoms with Crippen LogP contribution in [0.25, 0.3) is 11.1 Å². The van der Waals surface area contributed by atoms with Gasteiger partial charge in [0.2, 0.25) is 0 Å². The molecule has 0 amide bonds. The summed E-state index contributed by atoms with van der Waals surface area (Å²) < 4.78 is 34.9. The standard InChI is InChI=1S/C22H29N3O2.C4H5F3O.C2H6S/c1-24-12-11-22(27,21(15-24)9-5-6-10-21)16-25-14-19(23)18(13-20(25)26)17-7-3-2-4-8-17;5-4(6,7)2-1-3-8;1-3-2/h2-4,7-8,13-14,27H,5-6,9-12,15-16,23H2,1H3;3H,1-2H2;1-2H3. The monoisotopic (exact) mass is 555 g/mol. The van der Waals surface area contributed by atoms with Crippen molar-refractivity contribution in [2.24, 2.45) is 5.41 Å². The third-order valence-electron chi connectivity index (χ3n) is 7.25. The minimum Gasteiger partial charge on any atom is -0.397 e. The average molecular weight is 556 g/mol. The number of nitrogen functional groups attached to an aromatic ring is 1. The van der Waals surface area contributed by atoms with Crippen molar-refractivity contribution in [1.82, 2.24) is 9.47 Å². The number of aliphatic hydroxyl groups is 1. The molecule has 1 unspecified atom stereocenters. The largest absolute Gasteiger partial charge is 0.397 e. The number of aldehydes is 1. The highest BCUT2D eigenvalue weighted by Gasteiger charge is 2.54.